The second-order valence-corrected chi connectivity index (χ2v) is 6.51. The summed E-state index contributed by atoms with van der Waals surface area (Å²) in [5.74, 6) is 0.0541. The SMILES string of the molecule is O=C1Cc2ccc(CC(=O)N(c3ccccc3)C3CCOC3)cc2N1. The van der Waals surface area contributed by atoms with Gasteiger partial charge in [0.15, 0.2) is 0 Å². The zero-order chi connectivity index (χ0) is 17.2. The Bertz CT molecular complexity index is 798. The number of carbonyl (C=O) groups excluding carboxylic acids is 2. The van der Waals surface area contributed by atoms with E-state index in [0.717, 1.165) is 28.9 Å². The molecule has 2 heterocycles. The van der Waals surface area contributed by atoms with Crippen LogP contribution in [0, 0.1) is 0 Å². The molecule has 2 aliphatic heterocycles. The van der Waals surface area contributed by atoms with Gasteiger partial charge in [0.25, 0.3) is 0 Å². The Morgan fingerprint density at radius 1 is 1.20 bits per heavy atom. The molecule has 5 nitrogen and oxygen atoms in total. The third-order valence-electron chi connectivity index (χ3n) is 4.73. The van der Waals surface area contributed by atoms with Crippen LogP contribution in [0.15, 0.2) is 48.5 Å². The van der Waals surface area contributed by atoms with Crippen LogP contribution >= 0.6 is 0 Å². The maximum atomic E-state index is 13.0. The normalized spacial score (nSPS) is 18.7. The number of para-hydroxylation sites is 1. The number of hydrogen-bond acceptors (Lipinski definition) is 3. The van der Waals surface area contributed by atoms with Crippen molar-refractivity contribution >= 4 is 23.2 Å². The minimum Gasteiger partial charge on any atom is -0.379 e. The second kappa shape index (κ2) is 6.69. The summed E-state index contributed by atoms with van der Waals surface area (Å²) in [6.07, 6.45) is 1.56. The Hall–Kier alpha value is -2.66. The van der Waals surface area contributed by atoms with Gasteiger partial charge in [0.05, 0.1) is 25.5 Å². The van der Waals surface area contributed by atoms with E-state index in [9.17, 15) is 9.59 Å². The van der Waals surface area contributed by atoms with Crippen LogP contribution in [0.1, 0.15) is 17.5 Å². The van der Waals surface area contributed by atoms with Gasteiger partial charge >= 0.3 is 0 Å². The zero-order valence-electron chi connectivity index (χ0n) is 13.9. The third kappa shape index (κ3) is 3.28. The highest BCUT2D eigenvalue weighted by atomic mass is 16.5. The van der Waals surface area contributed by atoms with Gasteiger partial charge in [-0.3, -0.25) is 9.59 Å². The van der Waals surface area contributed by atoms with Crippen molar-refractivity contribution in [2.45, 2.75) is 25.3 Å². The van der Waals surface area contributed by atoms with Gasteiger partial charge in [-0.15, -0.1) is 0 Å². The van der Waals surface area contributed by atoms with E-state index in [-0.39, 0.29) is 17.9 Å². The van der Waals surface area contributed by atoms with Crippen LogP contribution in [0.2, 0.25) is 0 Å². The van der Waals surface area contributed by atoms with Gasteiger partial charge in [-0.1, -0.05) is 30.3 Å². The van der Waals surface area contributed by atoms with E-state index >= 15 is 0 Å². The Balaban J connectivity index is 1.57. The smallest absolute Gasteiger partial charge is 0.231 e. The quantitative estimate of drug-likeness (QED) is 0.933. The van der Waals surface area contributed by atoms with Gasteiger partial charge in [-0.05, 0) is 35.7 Å². The summed E-state index contributed by atoms with van der Waals surface area (Å²) >= 11 is 0. The van der Waals surface area contributed by atoms with Crippen LogP contribution in [0.4, 0.5) is 11.4 Å². The van der Waals surface area contributed by atoms with Crippen LogP contribution in [-0.2, 0) is 27.2 Å². The summed E-state index contributed by atoms with van der Waals surface area (Å²) in [4.78, 5) is 26.4. The molecule has 1 unspecified atom stereocenters. The Labute approximate surface area is 146 Å². The van der Waals surface area contributed by atoms with Crippen molar-refractivity contribution in [1.29, 1.82) is 0 Å². The Morgan fingerprint density at radius 2 is 2.04 bits per heavy atom. The number of nitrogens with zero attached hydrogens (tertiary/aromatic N) is 1. The lowest BCUT2D eigenvalue weighted by Crippen LogP contribution is -2.41. The average Bonchev–Trinajstić information content (AvgIpc) is 3.24. The minimum absolute atomic E-state index is 0.00694. The first-order chi connectivity index (χ1) is 12.2. The maximum Gasteiger partial charge on any atom is 0.231 e. The number of fused-ring (bicyclic) bond motifs is 1. The number of anilines is 2. The van der Waals surface area contributed by atoms with Crippen molar-refractivity contribution in [3.05, 3.63) is 59.7 Å². The molecule has 1 N–H and O–H groups in total. The van der Waals surface area contributed by atoms with Crippen molar-refractivity contribution < 1.29 is 14.3 Å². The van der Waals surface area contributed by atoms with Gasteiger partial charge < -0.3 is 15.0 Å². The number of carbonyl (C=O) groups is 2. The lowest BCUT2D eigenvalue weighted by atomic mass is 10.0. The van der Waals surface area contributed by atoms with Gasteiger partial charge in [0.1, 0.15) is 0 Å². The predicted octanol–water partition coefficient (Wildman–Crippen LogP) is 2.55. The van der Waals surface area contributed by atoms with Gasteiger partial charge in [-0.25, -0.2) is 0 Å². The molecule has 25 heavy (non-hydrogen) atoms. The molecule has 2 aliphatic rings. The van der Waals surface area contributed by atoms with Crippen LogP contribution in [0.3, 0.4) is 0 Å². The van der Waals surface area contributed by atoms with E-state index < -0.39 is 0 Å². The fourth-order valence-corrected chi connectivity index (χ4v) is 3.50. The topological polar surface area (TPSA) is 58.6 Å². The van der Waals surface area contributed by atoms with Crippen LogP contribution in [0.25, 0.3) is 0 Å². The van der Waals surface area contributed by atoms with E-state index in [4.69, 9.17) is 4.74 Å². The molecule has 2 amide bonds. The number of benzene rings is 2. The molecule has 0 saturated carbocycles. The third-order valence-corrected chi connectivity index (χ3v) is 4.73. The summed E-state index contributed by atoms with van der Waals surface area (Å²) in [6.45, 7) is 1.26. The molecule has 2 aromatic rings. The van der Waals surface area contributed by atoms with Gasteiger partial charge in [-0.2, -0.15) is 0 Å². The molecular formula is C20H20N2O3. The van der Waals surface area contributed by atoms with E-state index in [1.165, 1.54) is 0 Å². The molecule has 1 atom stereocenters. The van der Waals surface area contributed by atoms with Crippen molar-refractivity contribution in [2.75, 3.05) is 23.4 Å². The predicted molar refractivity (Wildman–Crippen MR) is 95.6 cm³/mol. The van der Waals surface area contributed by atoms with Crippen molar-refractivity contribution in [3.63, 3.8) is 0 Å². The fraction of sp³-hybridized carbons (Fsp3) is 0.300. The first-order valence-corrected chi connectivity index (χ1v) is 8.57. The number of rotatable bonds is 4. The largest absolute Gasteiger partial charge is 0.379 e. The monoisotopic (exact) mass is 336 g/mol. The number of amides is 2. The highest BCUT2D eigenvalue weighted by Crippen LogP contribution is 2.26. The first-order valence-electron chi connectivity index (χ1n) is 8.57. The molecule has 0 aliphatic carbocycles. The number of ether oxygens (including phenoxy) is 1. The standard InChI is InChI=1S/C20H20N2O3/c23-19-12-15-7-6-14(10-18(15)21-19)11-20(24)22(17-8-9-25-13-17)16-4-2-1-3-5-16/h1-7,10,17H,8-9,11-13H2,(H,21,23). The molecule has 0 bridgehead atoms. The van der Waals surface area contributed by atoms with Crippen molar-refractivity contribution in [2.24, 2.45) is 0 Å². The van der Waals surface area contributed by atoms with E-state index in [1.807, 2.05) is 53.4 Å². The fourth-order valence-electron chi connectivity index (χ4n) is 3.50. The number of hydrogen-bond donors (Lipinski definition) is 1. The maximum absolute atomic E-state index is 13.0. The molecule has 0 aromatic heterocycles. The molecule has 128 valence electrons. The lowest BCUT2D eigenvalue weighted by Gasteiger charge is -2.28. The highest BCUT2D eigenvalue weighted by molar-refractivity contribution is 6.00. The van der Waals surface area contributed by atoms with Crippen molar-refractivity contribution in [1.82, 2.24) is 0 Å². The highest BCUT2D eigenvalue weighted by Gasteiger charge is 2.29. The Kier molecular flexibility index (Phi) is 4.24. The van der Waals surface area contributed by atoms with Crippen molar-refractivity contribution in [3.8, 4) is 0 Å². The van der Waals surface area contributed by atoms with Crippen LogP contribution in [0.5, 0.6) is 0 Å². The minimum atomic E-state index is 0.00694. The van der Waals surface area contributed by atoms with E-state index in [1.54, 1.807) is 0 Å². The summed E-state index contributed by atoms with van der Waals surface area (Å²) < 4.78 is 5.49. The van der Waals surface area contributed by atoms with Gasteiger partial charge in [0.2, 0.25) is 11.8 Å². The molecule has 4 rings (SSSR count). The second-order valence-electron chi connectivity index (χ2n) is 6.51. The summed E-state index contributed by atoms with van der Waals surface area (Å²) in [6, 6.07) is 15.6. The molecular weight excluding hydrogens is 316 g/mol. The molecule has 5 heteroatoms. The molecule has 2 aromatic carbocycles. The van der Waals surface area contributed by atoms with E-state index in [2.05, 4.69) is 5.32 Å². The molecule has 1 fully saturated rings. The van der Waals surface area contributed by atoms with Crippen LogP contribution in [-0.4, -0.2) is 31.1 Å². The lowest BCUT2D eigenvalue weighted by molar-refractivity contribution is -0.118. The summed E-state index contributed by atoms with van der Waals surface area (Å²) in [5.41, 5.74) is 3.62. The summed E-state index contributed by atoms with van der Waals surface area (Å²) in [5, 5.41) is 2.84. The molecule has 1 saturated heterocycles. The average molecular weight is 336 g/mol. The zero-order valence-corrected chi connectivity index (χ0v) is 13.9. The Morgan fingerprint density at radius 3 is 2.80 bits per heavy atom. The first kappa shape index (κ1) is 15.8. The van der Waals surface area contributed by atoms with Crippen LogP contribution < -0.4 is 10.2 Å². The molecule has 0 spiro atoms. The van der Waals surface area contributed by atoms with E-state index in [0.29, 0.717) is 26.1 Å². The molecule has 0 radical (unpaired) electrons. The van der Waals surface area contributed by atoms with Gasteiger partial charge in [0, 0.05) is 18.0 Å². The summed E-state index contributed by atoms with van der Waals surface area (Å²) in [7, 11) is 0. The number of nitrogens with one attached hydrogen (secondary N) is 1.